The van der Waals surface area contributed by atoms with E-state index in [1.54, 1.807) is 0 Å². The maximum atomic E-state index is 10.1. The predicted molar refractivity (Wildman–Crippen MR) is 71.6 cm³/mol. The minimum absolute atomic E-state index is 0.202. The predicted octanol–water partition coefficient (Wildman–Crippen LogP) is 2.66. The second kappa shape index (κ2) is 5.41. The van der Waals surface area contributed by atoms with Crippen LogP contribution in [0.15, 0.2) is 18.2 Å². The van der Waals surface area contributed by atoms with E-state index in [0.29, 0.717) is 5.75 Å². The van der Waals surface area contributed by atoms with Gasteiger partial charge in [0.1, 0.15) is 5.75 Å². The zero-order chi connectivity index (χ0) is 12.3. The number of rotatable bonds is 4. The fraction of sp³-hybridized carbons (Fsp3) is 0.571. The second-order valence-corrected chi connectivity index (χ2v) is 4.72. The zero-order valence-electron chi connectivity index (χ0n) is 10.7. The van der Waals surface area contributed by atoms with Gasteiger partial charge in [0.05, 0.1) is 0 Å². The van der Waals surface area contributed by atoms with Crippen molar-refractivity contribution < 1.29 is 5.11 Å². The Morgan fingerprint density at radius 3 is 2.65 bits per heavy atom. The van der Waals surface area contributed by atoms with Gasteiger partial charge in [0.25, 0.3) is 0 Å². The average Bonchev–Trinajstić information content (AvgIpc) is 2.82. The molecule has 17 heavy (non-hydrogen) atoms. The molecular weight excluding hydrogens is 212 g/mol. The van der Waals surface area contributed by atoms with Crippen LogP contribution in [0.25, 0.3) is 0 Å². The highest BCUT2D eigenvalue weighted by atomic mass is 16.3. The Morgan fingerprint density at radius 1 is 1.35 bits per heavy atom. The molecular formula is C14H22N2O. The number of nitrogens with one attached hydrogen (secondary N) is 1. The lowest BCUT2D eigenvalue weighted by Crippen LogP contribution is -2.19. The Hall–Kier alpha value is -1.22. The van der Waals surface area contributed by atoms with E-state index in [2.05, 4.69) is 30.1 Å². The third kappa shape index (κ3) is 2.72. The number of phenols is 1. The highest BCUT2D eigenvalue weighted by molar-refractivity contribution is 5.54. The van der Waals surface area contributed by atoms with E-state index in [4.69, 9.17) is 0 Å². The molecule has 0 radical (unpaired) electrons. The molecule has 0 amide bonds. The molecule has 1 aliphatic rings. The van der Waals surface area contributed by atoms with Crippen LogP contribution in [0.5, 0.6) is 5.75 Å². The summed E-state index contributed by atoms with van der Waals surface area (Å²) in [6.07, 6.45) is 2.52. The van der Waals surface area contributed by atoms with Crippen LogP contribution in [0, 0.1) is 0 Å². The van der Waals surface area contributed by atoms with E-state index in [0.717, 1.165) is 30.9 Å². The van der Waals surface area contributed by atoms with Crippen LogP contribution in [-0.2, 0) is 0 Å². The number of nitrogens with zero attached hydrogens (tertiary/aromatic N) is 1. The molecule has 2 N–H and O–H groups in total. The van der Waals surface area contributed by atoms with Crippen molar-refractivity contribution in [2.24, 2.45) is 0 Å². The summed E-state index contributed by atoms with van der Waals surface area (Å²) in [4.78, 5) is 2.33. The lowest BCUT2D eigenvalue weighted by Gasteiger charge is -2.20. The number of anilines is 1. The smallest absolute Gasteiger partial charge is 0.122 e. The summed E-state index contributed by atoms with van der Waals surface area (Å²) in [6.45, 7) is 7.29. The van der Waals surface area contributed by atoms with E-state index in [1.165, 1.54) is 12.8 Å². The molecule has 2 rings (SSSR count). The molecule has 1 aromatic rings. The van der Waals surface area contributed by atoms with E-state index in [9.17, 15) is 5.11 Å². The molecule has 1 heterocycles. The summed E-state index contributed by atoms with van der Waals surface area (Å²) in [5, 5.41) is 13.4. The van der Waals surface area contributed by atoms with Crippen molar-refractivity contribution in [3.05, 3.63) is 23.8 Å². The van der Waals surface area contributed by atoms with Crippen LogP contribution in [0.3, 0.4) is 0 Å². The molecule has 1 saturated heterocycles. The lowest BCUT2D eigenvalue weighted by molar-refractivity contribution is 0.454. The summed E-state index contributed by atoms with van der Waals surface area (Å²) in [5.74, 6) is 0.405. The molecule has 0 spiro atoms. The molecule has 1 aromatic carbocycles. The largest absolute Gasteiger partial charge is 0.508 e. The number of phenolic OH excluding ortho intramolecular Hbond substituents is 1. The maximum absolute atomic E-state index is 10.1. The van der Waals surface area contributed by atoms with Crippen molar-refractivity contribution >= 4 is 5.69 Å². The van der Waals surface area contributed by atoms with Crippen molar-refractivity contribution in [1.82, 2.24) is 5.32 Å². The minimum Gasteiger partial charge on any atom is -0.508 e. The van der Waals surface area contributed by atoms with Gasteiger partial charge in [-0.15, -0.1) is 0 Å². The average molecular weight is 234 g/mol. The van der Waals surface area contributed by atoms with Crippen molar-refractivity contribution in [2.45, 2.75) is 32.7 Å². The first-order chi connectivity index (χ1) is 8.22. The lowest BCUT2D eigenvalue weighted by atomic mass is 10.1. The summed E-state index contributed by atoms with van der Waals surface area (Å²) < 4.78 is 0. The van der Waals surface area contributed by atoms with E-state index in [-0.39, 0.29) is 6.04 Å². The fourth-order valence-electron chi connectivity index (χ4n) is 2.49. The molecule has 1 aliphatic heterocycles. The van der Waals surface area contributed by atoms with Gasteiger partial charge in [0.2, 0.25) is 0 Å². The van der Waals surface area contributed by atoms with Crippen LogP contribution >= 0.6 is 0 Å². The van der Waals surface area contributed by atoms with Gasteiger partial charge in [0.15, 0.2) is 0 Å². The van der Waals surface area contributed by atoms with Gasteiger partial charge in [-0.05, 0) is 32.4 Å². The first-order valence-electron chi connectivity index (χ1n) is 6.53. The zero-order valence-corrected chi connectivity index (χ0v) is 10.7. The summed E-state index contributed by atoms with van der Waals surface area (Å²) in [6, 6.07) is 6.26. The first kappa shape index (κ1) is 12.2. The topological polar surface area (TPSA) is 35.5 Å². The van der Waals surface area contributed by atoms with Crippen molar-refractivity contribution in [2.75, 3.05) is 24.5 Å². The molecule has 0 aliphatic carbocycles. The molecule has 1 atom stereocenters. The van der Waals surface area contributed by atoms with Gasteiger partial charge in [0, 0.05) is 36.4 Å². The fourth-order valence-corrected chi connectivity index (χ4v) is 2.49. The number of aromatic hydroxyl groups is 1. The Balaban J connectivity index is 2.16. The maximum Gasteiger partial charge on any atom is 0.122 e. The van der Waals surface area contributed by atoms with E-state index in [1.807, 2.05) is 12.1 Å². The minimum atomic E-state index is 0.202. The number of benzene rings is 1. The second-order valence-electron chi connectivity index (χ2n) is 4.72. The Morgan fingerprint density at radius 2 is 2.06 bits per heavy atom. The Kier molecular flexibility index (Phi) is 3.89. The molecule has 0 aromatic heterocycles. The van der Waals surface area contributed by atoms with Gasteiger partial charge < -0.3 is 15.3 Å². The summed E-state index contributed by atoms with van der Waals surface area (Å²) >= 11 is 0. The van der Waals surface area contributed by atoms with Crippen molar-refractivity contribution in [1.29, 1.82) is 0 Å². The molecule has 1 unspecified atom stereocenters. The highest BCUT2D eigenvalue weighted by Crippen LogP contribution is 2.30. The summed E-state index contributed by atoms with van der Waals surface area (Å²) in [7, 11) is 0. The van der Waals surface area contributed by atoms with Crippen molar-refractivity contribution in [3.63, 3.8) is 0 Å². The standard InChI is InChI=1S/C14H22N2O/c1-3-15-11(2)13-7-6-12(10-14(13)17)16-8-4-5-9-16/h6-7,10-11,15,17H,3-5,8-9H2,1-2H3. The van der Waals surface area contributed by atoms with Gasteiger partial charge in [-0.3, -0.25) is 0 Å². The third-order valence-corrected chi connectivity index (χ3v) is 3.46. The molecule has 3 heteroatoms. The Labute approximate surface area is 103 Å². The third-order valence-electron chi connectivity index (χ3n) is 3.46. The van der Waals surface area contributed by atoms with Crippen LogP contribution in [0.2, 0.25) is 0 Å². The number of hydrogen-bond donors (Lipinski definition) is 2. The quantitative estimate of drug-likeness (QED) is 0.840. The van der Waals surface area contributed by atoms with Crippen LogP contribution in [0.4, 0.5) is 5.69 Å². The monoisotopic (exact) mass is 234 g/mol. The molecule has 1 fully saturated rings. The van der Waals surface area contributed by atoms with Gasteiger partial charge in [-0.25, -0.2) is 0 Å². The van der Waals surface area contributed by atoms with Gasteiger partial charge in [-0.2, -0.15) is 0 Å². The van der Waals surface area contributed by atoms with Gasteiger partial charge in [-0.1, -0.05) is 13.0 Å². The Bertz CT molecular complexity index is 372. The summed E-state index contributed by atoms with van der Waals surface area (Å²) in [5.41, 5.74) is 2.13. The number of hydrogen-bond acceptors (Lipinski definition) is 3. The molecule has 0 saturated carbocycles. The molecule has 3 nitrogen and oxygen atoms in total. The van der Waals surface area contributed by atoms with Crippen LogP contribution in [-0.4, -0.2) is 24.7 Å². The highest BCUT2D eigenvalue weighted by Gasteiger charge is 2.15. The van der Waals surface area contributed by atoms with Crippen LogP contribution in [0.1, 0.15) is 38.3 Å². The molecule has 0 bridgehead atoms. The molecule has 94 valence electrons. The SMILES string of the molecule is CCNC(C)c1ccc(N2CCCC2)cc1O. The first-order valence-corrected chi connectivity index (χ1v) is 6.53. The van der Waals surface area contributed by atoms with Crippen molar-refractivity contribution in [3.8, 4) is 5.75 Å². The van der Waals surface area contributed by atoms with E-state index >= 15 is 0 Å². The van der Waals surface area contributed by atoms with E-state index < -0.39 is 0 Å². The van der Waals surface area contributed by atoms with Gasteiger partial charge >= 0.3 is 0 Å². The van der Waals surface area contributed by atoms with Crippen LogP contribution < -0.4 is 10.2 Å². The normalized spacial score (nSPS) is 17.4.